The van der Waals surface area contributed by atoms with Gasteiger partial charge in [0.2, 0.25) is 5.88 Å². The highest BCUT2D eigenvalue weighted by Crippen LogP contribution is 2.42. The van der Waals surface area contributed by atoms with Crippen LogP contribution in [0.1, 0.15) is 36.9 Å². The maximum Gasteiger partial charge on any atom is 0.225 e. The summed E-state index contributed by atoms with van der Waals surface area (Å²) in [5, 5.41) is 3.95. The summed E-state index contributed by atoms with van der Waals surface area (Å²) in [5.41, 5.74) is 7.81. The molecule has 0 aromatic carbocycles. The van der Waals surface area contributed by atoms with E-state index in [0.29, 0.717) is 11.8 Å². The number of nitrogen functional groups attached to an aromatic ring is 1. The highest BCUT2D eigenvalue weighted by molar-refractivity contribution is 5.41. The third kappa shape index (κ3) is 1.00. The summed E-state index contributed by atoms with van der Waals surface area (Å²) in [6.45, 7) is 2.08. The van der Waals surface area contributed by atoms with Crippen molar-refractivity contribution in [2.45, 2.75) is 32.1 Å². The van der Waals surface area contributed by atoms with E-state index < -0.39 is 0 Å². The zero-order valence-corrected chi connectivity index (χ0v) is 6.63. The van der Waals surface area contributed by atoms with E-state index in [1.807, 2.05) is 0 Å². The third-order valence-electron chi connectivity index (χ3n) is 2.17. The summed E-state index contributed by atoms with van der Waals surface area (Å²) >= 11 is 0. The summed E-state index contributed by atoms with van der Waals surface area (Å²) in [5.74, 6) is 1.15. The predicted molar refractivity (Wildman–Crippen MR) is 42.3 cm³/mol. The van der Waals surface area contributed by atoms with E-state index in [-0.39, 0.29) is 0 Å². The molecule has 3 heteroatoms. The second kappa shape index (κ2) is 2.26. The van der Waals surface area contributed by atoms with Crippen LogP contribution in [0.4, 0.5) is 5.88 Å². The molecule has 1 aliphatic rings. The SMILES string of the molecule is CCc1c(C2CC2)noc1N. The molecule has 0 spiro atoms. The molecule has 3 nitrogen and oxygen atoms in total. The van der Waals surface area contributed by atoms with Crippen molar-refractivity contribution < 1.29 is 4.52 Å². The third-order valence-corrected chi connectivity index (χ3v) is 2.17. The van der Waals surface area contributed by atoms with Gasteiger partial charge in [0.25, 0.3) is 0 Å². The summed E-state index contributed by atoms with van der Waals surface area (Å²) in [6.07, 6.45) is 3.43. The van der Waals surface area contributed by atoms with Gasteiger partial charge >= 0.3 is 0 Å². The van der Waals surface area contributed by atoms with Gasteiger partial charge in [-0.05, 0) is 19.3 Å². The molecule has 11 heavy (non-hydrogen) atoms. The van der Waals surface area contributed by atoms with Gasteiger partial charge in [-0.2, -0.15) is 0 Å². The molecule has 0 atom stereocenters. The minimum atomic E-state index is 0.509. The second-order valence-electron chi connectivity index (χ2n) is 3.04. The fourth-order valence-corrected chi connectivity index (χ4v) is 1.37. The lowest BCUT2D eigenvalue weighted by Crippen LogP contribution is -1.91. The van der Waals surface area contributed by atoms with Crippen LogP contribution in [0.3, 0.4) is 0 Å². The van der Waals surface area contributed by atoms with Crippen molar-refractivity contribution in [3.05, 3.63) is 11.3 Å². The Labute approximate surface area is 65.6 Å². The highest BCUT2D eigenvalue weighted by atomic mass is 16.5. The van der Waals surface area contributed by atoms with Crippen LogP contribution in [-0.2, 0) is 6.42 Å². The Bertz CT molecular complexity index is 263. The molecule has 1 aromatic heterocycles. The Kier molecular flexibility index (Phi) is 1.37. The summed E-state index contributed by atoms with van der Waals surface area (Å²) in [4.78, 5) is 0. The van der Waals surface area contributed by atoms with Crippen molar-refractivity contribution in [1.82, 2.24) is 5.16 Å². The molecular formula is C8H12N2O. The van der Waals surface area contributed by atoms with Gasteiger partial charge in [-0.1, -0.05) is 12.1 Å². The lowest BCUT2D eigenvalue weighted by molar-refractivity contribution is 0.427. The average molecular weight is 152 g/mol. The molecule has 0 bridgehead atoms. The second-order valence-corrected chi connectivity index (χ2v) is 3.04. The van der Waals surface area contributed by atoms with Crippen LogP contribution < -0.4 is 5.73 Å². The van der Waals surface area contributed by atoms with E-state index >= 15 is 0 Å². The largest absolute Gasteiger partial charge is 0.367 e. The lowest BCUT2D eigenvalue weighted by Gasteiger charge is -1.93. The number of hydrogen-bond acceptors (Lipinski definition) is 3. The van der Waals surface area contributed by atoms with Crippen molar-refractivity contribution in [3.63, 3.8) is 0 Å². The molecule has 0 radical (unpaired) electrons. The number of aromatic nitrogens is 1. The Morgan fingerprint density at radius 1 is 1.64 bits per heavy atom. The standard InChI is InChI=1S/C8H12N2O/c1-2-6-7(5-3-4-5)10-11-8(6)9/h5H,2-4,9H2,1H3. The molecular weight excluding hydrogens is 140 g/mol. The number of nitrogens with two attached hydrogens (primary N) is 1. The van der Waals surface area contributed by atoms with Crippen molar-refractivity contribution in [2.75, 3.05) is 5.73 Å². The maximum absolute atomic E-state index is 5.59. The van der Waals surface area contributed by atoms with Crippen LogP contribution in [0.5, 0.6) is 0 Å². The van der Waals surface area contributed by atoms with E-state index in [1.54, 1.807) is 0 Å². The molecule has 0 saturated heterocycles. The summed E-state index contributed by atoms with van der Waals surface area (Å²) < 4.78 is 4.92. The lowest BCUT2D eigenvalue weighted by atomic mass is 10.1. The Morgan fingerprint density at radius 3 is 2.91 bits per heavy atom. The quantitative estimate of drug-likeness (QED) is 0.701. The zero-order valence-electron chi connectivity index (χ0n) is 6.63. The first-order valence-corrected chi connectivity index (χ1v) is 4.06. The number of nitrogens with zero attached hydrogens (tertiary/aromatic N) is 1. The molecule has 0 aliphatic heterocycles. The number of anilines is 1. The molecule has 1 saturated carbocycles. The topological polar surface area (TPSA) is 52.0 Å². The normalized spacial score (nSPS) is 17.2. The Morgan fingerprint density at radius 2 is 2.36 bits per heavy atom. The average Bonchev–Trinajstić information content (AvgIpc) is 2.76. The molecule has 1 heterocycles. The van der Waals surface area contributed by atoms with Gasteiger partial charge in [-0.3, -0.25) is 0 Å². The van der Waals surface area contributed by atoms with Crippen molar-refractivity contribution in [3.8, 4) is 0 Å². The van der Waals surface area contributed by atoms with Crippen LogP contribution in [0.25, 0.3) is 0 Å². The first-order valence-electron chi connectivity index (χ1n) is 4.06. The first-order chi connectivity index (χ1) is 5.33. The Hall–Kier alpha value is -0.990. The number of hydrogen-bond donors (Lipinski definition) is 1. The van der Waals surface area contributed by atoms with Crippen LogP contribution in [0.2, 0.25) is 0 Å². The smallest absolute Gasteiger partial charge is 0.225 e. The minimum Gasteiger partial charge on any atom is -0.367 e. The van der Waals surface area contributed by atoms with Crippen LogP contribution in [0, 0.1) is 0 Å². The van der Waals surface area contributed by atoms with Gasteiger partial charge in [-0.25, -0.2) is 0 Å². The predicted octanol–water partition coefficient (Wildman–Crippen LogP) is 1.70. The fraction of sp³-hybridized carbons (Fsp3) is 0.625. The van der Waals surface area contributed by atoms with E-state index in [1.165, 1.54) is 12.8 Å². The fourth-order valence-electron chi connectivity index (χ4n) is 1.37. The van der Waals surface area contributed by atoms with E-state index in [2.05, 4.69) is 12.1 Å². The summed E-state index contributed by atoms with van der Waals surface area (Å²) in [7, 11) is 0. The van der Waals surface area contributed by atoms with Crippen LogP contribution >= 0.6 is 0 Å². The molecule has 0 amide bonds. The Balaban J connectivity index is 2.36. The van der Waals surface area contributed by atoms with Crippen molar-refractivity contribution >= 4 is 5.88 Å². The molecule has 1 fully saturated rings. The van der Waals surface area contributed by atoms with Crippen LogP contribution in [0.15, 0.2) is 4.52 Å². The van der Waals surface area contributed by atoms with Gasteiger partial charge < -0.3 is 10.3 Å². The molecule has 2 rings (SSSR count). The van der Waals surface area contributed by atoms with Gasteiger partial charge in [0.1, 0.15) is 0 Å². The molecule has 1 aliphatic carbocycles. The van der Waals surface area contributed by atoms with E-state index in [9.17, 15) is 0 Å². The van der Waals surface area contributed by atoms with Gasteiger partial charge in [0, 0.05) is 11.5 Å². The van der Waals surface area contributed by atoms with Gasteiger partial charge in [-0.15, -0.1) is 0 Å². The van der Waals surface area contributed by atoms with Crippen LogP contribution in [-0.4, -0.2) is 5.16 Å². The first kappa shape index (κ1) is 6.70. The minimum absolute atomic E-state index is 0.509. The molecule has 0 unspecified atom stereocenters. The zero-order chi connectivity index (χ0) is 7.84. The number of rotatable bonds is 2. The highest BCUT2D eigenvalue weighted by Gasteiger charge is 2.30. The van der Waals surface area contributed by atoms with Crippen molar-refractivity contribution in [1.29, 1.82) is 0 Å². The van der Waals surface area contributed by atoms with Crippen molar-refractivity contribution in [2.24, 2.45) is 0 Å². The van der Waals surface area contributed by atoms with Gasteiger partial charge in [0.05, 0.1) is 5.69 Å². The van der Waals surface area contributed by atoms with Gasteiger partial charge in [0.15, 0.2) is 0 Å². The monoisotopic (exact) mass is 152 g/mol. The summed E-state index contributed by atoms with van der Waals surface area (Å²) in [6, 6.07) is 0. The van der Waals surface area contributed by atoms with E-state index in [4.69, 9.17) is 10.3 Å². The molecule has 60 valence electrons. The maximum atomic E-state index is 5.59. The molecule has 2 N–H and O–H groups in total. The van der Waals surface area contributed by atoms with E-state index in [0.717, 1.165) is 17.7 Å². The molecule has 1 aromatic rings.